The zero-order valence-electron chi connectivity index (χ0n) is 78.8. The van der Waals surface area contributed by atoms with Gasteiger partial charge in [0.25, 0.3) is 11.8 Å². The molecule has 50 heteroatoms. The average molecular weight is 2090 g/mol. The van der Waals surface area contributed by atoms with E-state index in [1.54, 1.807) is 94.7 Å². The molecule has 9 aliphatic rings. The van der Waals surface area contributed by atoms with Gasteiger partial charge in [-0.15, -0.1) is 0 Å². The molecule has 3 aromatic heterocycles. The number of urea groups is 1. The molecule has 0 bridgehead atoms. The Hall–Kier alpha value is -14.6. The second-order valence-corrected chi connectivity index (χ2v) is 37.3. The third-order valence-corrected chi connectivity index (χ3v) is 26.0. The van der Waals surface area contributed by atoms with Crippen LogP contribution in [0.25, 0.3) is 0 Å². The van der Waals surface area contributed by atoms with Crippen molar-refractivity contribution in [2.75, 3.05) is 130 Å². The molecule has 0 unspecified atom stereocenters. The van der Waals surface area contributed by atoms with Gasteiger partial charge in [0, 0.05) is 122 Å². The van der Waals surface area contributed by atoms with E-state index in [0.29, 0.717) is 114 Å². The monoisotopic (exact) mass is 2080 g/mol. The molecule has 13 N–H and O–H groups in total. The molecule has 18 rings (SSSR count). The number of amides is 4. The van der Waals surface area contributed by atoms with Crippen molar-refractivity contribution in [2.24, 2.45) is 20.7 Å². The van der Waals surface area contributed by atoms with E-state index in [4.69, 9.17) is 75.1 Å². The molecule has 3 aliphatic heterocycles. The summed E-state index contributed by atoms with van der Waals surface area (Å²) < 4.78 is 130. The molecule has 38 nitrogen and oxygen atoms in total. The molecule has 6 heterocycles. The van der Waals surface area contributed by atoms with Gasteiger partial charge in [0.2, 0.25) is 53.6 Å². The lowest BCUT2D eigenvalue weighted by Crippen LogP contribution is -2.55. The van der Waals surface area contributed by atoms with E-state index < -0.39 is 85.0 Å². The fourth-order valence-electron chi connectivity index (χ4n) is 17.2. The number of anilines is 9. The maximum Gasteiger partial charge on any atom is 0.422 e. The van der Waals surface area contributed by atoms with Crippen molar-refractivity contribution in [3.8, 4) is 30.4 Å². The minimum absolute atomic E-state index is 0.0271. The summed E-state index contributed by atoms with van der Waals surface area (Å²) in [5, 5.41) is 58.5. The van der Waals surface area contributed by atoms with Crippen molar-refractivity contribution < 1.29 is 78.0 Å². The number of piperazine rings is 3. The fraction of sp³-hybridized carbons (Fsp3) is 0.438. The maximum atomic E-state index is 13.3. The van der Waals surface area contributed by atoms with Crippen LogP contribution in [0.1, 0.15) is 163 Å². The molecule has 0 radical (unpaired) electrons. The van der Waals surface area contributed by atoms with E-state index in [0.717, 1.165) is 139 Å². The summed E-state index contributed by atoms with van der Waals surface area (Å²) in [5.41, 5.74) is 9.14. The number of carboxylic acid groups (broad SMARTS) is 1. The largest absolute Gasteiger partial charge is 0.478 e. The van der Waals surface area contributed by atoms with E-state index >= 15 is 0 Å². The number of ether oxygens (including phenoxy) is 3. The van der Waals surface area contributed by atoms with Gasteiger partial charge in [-0.25, -0.2) is 24.6 Å². The number of primary amides is 1. The van der Waals surface area contributed by atoms with Gasteiger partial charge in [0.1, 0.15) is 0 Å². The highest BCUT2D eigenvalue weighted by Gasteiger charge is 2.48. The minimum Gasteiger partial charge on any atom is -0.478 e. The number of nitrogens with one attached hydrogen (secondary N) is 10. The van der Waals surface area contributed by atoms with E-state index in [1.807, 2.05) is 58.6 Å². The number of nitriles is 2. The number of carbonyl (C=O) groups excluding carboxylic acids is 3. The molecule has 0 atom stereocenters. The van der Waals surface area contributed by atoms with Crippen LogP contribution in [-0.2, 0) is 16.6 Å². The number of aromatic nitrogens is 9. The van der Waals surface area contributed by atoms with Gasteiger partial charge < -0.3 is 86.8 Å². The molecule has 772 valence electrons. The second kappa shape index (κ2) is 48.0. The van der Waals surface area contributed by atoms with Crippen LogP contribution in [0.3, 0.4) is 0 Å². The summed E-state index contributed by atoms with van der Waals surface area (Å²) in [7, 11) is 0. The van der Waals surface area contributed by atoms with Crippen molar-refractivity contribution in [3.05, 3.63) is 194 Å². The molecule has 6 aromatic carbocycles. The number of nitrogens with two attached hydrogens (primary N) is 1. The van der Waals surface area contributed by atoms with Gasteiger partial charge in [-0.1, -0.05) is 110 Å². The number of carboxylic acids is 1. The first-order valence-electron chi connectivity index (χ1n) is 47.5. The maximum absolute atomic E-state index is 13.3. The number of hydrogen-bond donors (Lipinski definition) is 12. The van der Waals surface area contributed by atoms with Crippen LogP contribution in [0.5, 0.6) is 18.0 Å². The summed E-state index contributed by atoms with van der Waals surface area (Å²) >= 11 is 18.0. The molecule has 0 spiro atoms. The van der Waals surface area contributed by atoms with Gasteiger partial charge in [-0.3, -0.25) is 25.5 Å². The van der Waals surface area contributed by atoms with E-state index in [2.05, 4.69) is 108 Å². The highest BCUT2D eigenvalue weighted by atomic mass is 35.5. The van der Waals surface area contributed by atoms with Crippen LogP contribution >= 0.6 is 34.8 Å². The van der Waals surface area contributed by atoms with E-state index in [9.17, 15) is 64.0 Å². The smallest absolute Gasteiger partial charge is 0.422 e. The molecule has 6 aliphatic carbocycles. The zero-order valence-corrected chi connectivity index (χ0v) is 81.1. The molecular weight excluding hydrogens is 1980 g/mol. The van der Waals surface area contributed by atoms with Gasteiger partial charge >= 0.3 is 48.6 Å². The van der Waals surface area contributed by atoms with Crippen LogP contribution in [0.2, 0.25) is 15.1 Å². The fourth-order valence-corrected chi connectivity index (χ4v) is 17.6. The Morgan fingerprint density at radius 2 is 0.658 bits per heavy atom. The Labute approximate surface area is 848 Å². The molecular formula is C96H106Cl3F9N30O8. The zero-order chi connectivity index (χ0) is 103. The number of aliphatic imine (C=N–C) groups is 3. The third kappa shape index (κ3) is 31.0. The summed E-state index contributed by atoms with van der Waals surface area (Å²) in [4.78, 5) is 110. The Balaban J connectivity index is 0.000000155. The first-order valence-corrected chi connectivity index (χ1v) is 48.7. The molecule has 4 amide bonds. The lowest BCUT2D eigenvalue weighted by atomic mass is 10.1. The Kier molecular flexibility index (Phi) is 34.7. The lowest BCUT2D eigenvalue weighted by Gasteiger charge is -2.36. The molecule has 9 fully saturated rings. The molecule has 6 saturated carbocycles. The summed E-state index contributed by atoms with van der Waals surface area (Å²) in [6.45, 7) is 2.91. The second-order valence-electron chi connectivity index (χ2n) is 36.0. The molecule has 3 saturated heterocycles. The van der Waals surface area contributed by atoms with Crippen molar-refractivity contribution >= 4 is 129 Å². The first kappa shape index (κ1) is 106. The highest BCUT2D eigenvalue weighted by molar-refractivity contribution is 6.31. The SMILES string of the molecule is N#CNC(=NC1CCCC1)N1CCN(C(=O)c2ccc(Nc3nc(NC4(c5ccc(Cl)cc5)CC4)nc(OCC(F)(F)F)n3)cc2)CC1.N#CNC(=NC1CCCC1)N1CCNCC1.NC(=O)NC(=NC1CCCC1)N1CCN(C(=O)c2ccc(Nc3nc(NC4(c5ccc(Cl)cc5)CC4)nc(OCC(F)(F)F)n3)cc2)CC1.O=C(O)c1ccc(Nc2nc(NC3(c4ccc(Cl)cc4)CC3)nc(OCC(F)(F)F)n2)cc1. The number of halogens is 12. The van der Waals surface area contributed by atoms with Crippen molar-refractivity contribution in [1.82, 2.24) is 90.6 Å². The standard InChI is InChI=1S/C32H36ClF3N10O3.C32H34ClF3N10O2.C21H17ClF3N5O3.C11H19N5/c33-22-9-7-21(8-10-22)31(13-14-31)44-28-41-27(42-30(43-28)49-19-32(34,35)36)38-24-11-5-20(6-12-24)25(47)45-15-17-46(18-16-45)29(40-26(37)48)39-23-3-1-2-4-23;33-23-9-7-22(8-10-23)31(13-14-31)44-28-41-27(42-30(43-28)48-19-32(34,35)36)39-25-11-5-21(6-12-25)26(47)45-15-17-46(18-16-45)29(38-20-37)40-24-3-1-2-4-24;22-14-5-3-13(4-6-14)20(9-10-20)30-18-27-17(28-19(29-18)33-11-21(23,24)25)26-15-7-1-12(2-8-15)16(31)32;12-9-14-11(15-10-3-1-2-4-10)16-7-5-13-6-8-16/h5-12,23H,1-4,13-19H2,(H3,37,39,40,48)(H2,38,41,42,43,44);5-12,24H,1-4,13-19H2,(H,38,40)(H2,39,41,42,43,44);1-8H,9-11H2,(H,31,32)(H2,26,27,28,29,30);10,13H,1-8H2,(H,14,15). The van der Waals surface area contributed by atoms with Crippen molar-refractivity contribution in [2.45, 2.75) is 169 Å². The summed E-state index contributed by atoms with van der Waals surface area (Å²) in [6.07, 6.45) is 8.14. The predicted molar refractivity (Wildman–Crippen MR) is 527 cm³/mol. The molecule has 9 aromatic rings. The summed E-state index contributed by atoms with van der Waals surface area (Å²) in [6, 6.07) is 39.3. The number of carbonyl (C=O) groups is 4. The third-order valence-electron chi connectivity index (χ3n) is 25.2. The van der Waals surface area contributed by atoms with Crippen LogP contribution in [0, 0.1) is 22.9 Å². The highest BCUT2D eigenvalue weighted by Crippen LogP contribution is 2.51. The first-order chi connectivity index (χ1) is 70.0. The van der Waals surface area contributed by atoms with Crippen molar-refractivity contribution in [1.29, 1.82) is 10.5 Å². The number of benzene rings is 6. The van der Waals surface area contributed by atoms with Crippen LogP contribution in [-0.4, -0.2) is 251 Å². The molecule has 146 heavy (non-hydrogen) atoms. The van der Waals surface area contributed by atoms with Gasteiger partial charge in [-0.05, 0) is 203 Å². The van der Waals surface area contributed by atoms with Crippen LogP contribution in [0.15, 0.2) is 161 Å². The number of rotatable bonds is 27. The predicted octanol–water partition coefficient (Wildman–Crippen LogP) is 15.7. The van der Waals surface area contributed by atoms with Crippen LogP contribution < -0.4 is 73.1 Å². The summed E-state index contributed by atoms with van der Waals surface area (Å²) in [5.74, 6) is 0.340. The Bertz CT molecular complexity index is 6150. The topological polar surface area (TPSA) is 479 Å². The number of alkyl halides is 9. The number of guanidine groups is 3. The number of aromatic carboxylic acids is 1. The van der Waals surface area contributed by atoms with Crippen molar-refractivity contribution in [3.63, 3.8) is 0 Å². The van der Waals surface area contributed by atoms with E-state index in [1.165, 1.54) is 49.9 Å². The normalized spacial score (nSPS) is 17.7. The Morgan fingerprint density at radius 1 is 0.390 bits per heavy atom. The quantitative estimate of drug-likeness (QED) is 0.00748. The van der Waals surface area contributed by atoms with Gasteiger partial charge in [0.15, 0.2) is 32.2 Å². The van der Waals surface area contributed by atoms with Crippen LogP contribution in [0.4, 0.5) is 97.1 Å². The average Bonchev–Trinajstić information content (AvgIpc) is 1.62. The number of hydrogen-bond acceptors (Lipinski definition) is 28. The minimum atomic E-state index is -4.59. The van der Waals surface area contributed by atoms with E-state index in [-0.39, 0.29) is 65.2 Å². The Morgan fingerprint density at radius 3 is 0.932 bits per heavy atom. The van der Waals surface area contributed by atoms with Gasteiger partial charge in [-0.2, -0.15) is 94.9 Å². The number of nitrogens with zero attached hydrogens (tertiary/aromatic N) is 19. The van der Waals surface area contributed by atoms with Gasteiger partial charge in [0.05, 0.1) is 40.3 Å². The lowest BCUT2D eigenvalue weighted by molar-refractivity contribution is -0.155.